The minimum absolute atomic E-state index is 0.517. The highest BCUT2D eigenvalue weighted by Gasteiger charge is 2.21. The average Bonchev–Trinajstić information content (AvgIpc) is 3.63. The fourth-order valence-corrected chi connectivity index (χ4v) is 6.86. The molecule has 0 fully saturated rings. The molecule has 0 bridgehead atoms. The van der Waals surface area contributed by atoms with Crippen molar-refractivity contribution in [1.29, 1.82) is 0 Å². The van der Waals surface area contributed by atoms with Gasteiger partial charge in [0, 0.05) is 32.9 Å². The van der Waals surface area contributed by atoms with E-state index >= 15 is 0 Å². The lowest BCUT2D eigenvalue weighted by Gasteiger charge is -2.15. The summed E-state index contributed by atoms with van der Waals surface area (Å²) in [7, 11) is 0. The first-order chi connectivity index (χ1) is 22.3. The largest absolute Gasteiger partial charge is 0.309 e. The van der Waals surface area contributed by atoms with Gasteiger partial charge in [-0.15, -0.1) is 0 Å². The molecule has 7 aromatic carbocycles. The summed E-state index contributed by atoms with van der Waals surface area (Å²) < 4.78 is 14.1. The summed E-state index contributed by atoms with van der Waals surface area (Å²) in [5.74, 6) is 0. The fourth-order valence-electron chi connectivity index (χ4n) is 6.86. The molecule has 0 saturated heterocycles. The Morgan fingerprint density at radius 2 is 0.886 bits per heavy atom. The number of aromatic nitrogens is 2. The molecule has 44 heavy (non-hydrogen) atoms. The van der Waals surface area contributed by atoms with Crippen LogP contribution in [0, 0.1) is 0 Å². The highest BCUT2D eigenvalue weighted by atomic mass is 15.0. The summed E-state index contributed by atoms with van der Waals surface area (Å²) in [4.78, 5) is 0. The van der Waals surface area contributed by atoms with Gasteiger partial charge in [0.2, 0.25) is 0 Å². The maximum absolute atomic E-state index is 9.42. The second-order valence-corrected chi connectivity index (χ2v) is 11.3. The Morgan fingerprint density at radius 3 is 1.52 bits per heavy atom. The van der Waals surface area contributed by atoms with Gasteiger partial charge in [-0.25, -0.2) is 0 Å². The molecule has 9 aromatic rings. The lowest BCUT2D eigenvalue weighted by atomic mass is 9.98. The molecule has 0 atom stereocenters. The van der Waals surface area contributed by atoms with Crippen LogP contribution < -0.4 is 0 Å². The molecule has 2 heteroatoms. The van der Waals surface area contributed by atoms with E-state index in [1.807, 2.05) is 6.07 Å². The molecule has 0 aliphatic rings. The zero-order chi connectivity index (χ0) is 29.9. The second-order valence-electron chi connectivity index (χ2n) is 11.3. The van der Waals surface area contributed by atoms with Crippen LogP contribution in [0.3, 0.4) is 0 Å². The molecule has 0 aliphatic carbocycles. The van der Waals surface area contributed by atoms with E-state index in [1.165, 1.54) is 11.1 Å². The Bertz CT molecular complexity index is 2470. The van der Waals surface area contributed by atoms with E-state index in [9.17, 15) is 1.37 Å². The molecular formula is C42H28N2. The topological polar surface area (TPSA) is 9.86 Å². The number of rotatable bonds is 4. The quantitative estimate of drug-likeness (QED) is 0.202. The SMILES string of the molecule is [2H]c1cc2c3ccccc3n(-c3cc(-c4ccccc4)cc(-c4ccccc4)c3)c2c2c3ccccc3n(-c3ccccc3)c12. The van der Waals surface area contributed by atoms with Crippen molar-refractivity contribution in [3.8, 4) is 33.6 Å². The summed E-state index contributed by atoms with van der Waals surface area (Å²) in [6, 6.07) is 58.3. The number of benzene rings is 7. The van der Waals surface area contributed by atoms with E-state index in [-0.39, 0.29) is 0 Å². The smallest absolute Gasteiger partial charge is 0.0645 e. The van der Waals surface area contributed by atoms with Crippen LogP contribution in [0.5, 0.6) is 0 Å². The van der Waals surface area contributed by atoms with Gasteiger partial charge in [0.15, 0.2) is 0 Å². The lowest BCUT2D eigenvalue weighted by molar-refractivity contribution is 1.17. The van der Waals surface area contributed by atoms with Crippen LogP contribution in [0.4, 0.5) is 0 Å². The number of fused-ring (bicyclic) bond motifs is 7. The van der Waals surface area contributed by atoms with Gasteiger partial charge >= 0.3 is 0 Å². The molecular weight excluding hydrogens is 532 g/mol. The zero-order valence-electron chi connectivity index (χ0n) is 25.0. The predicted molar refractivity (Wildman–Crippen MR) is 186 cm³/mol. The molecule has 0 aliphatic heterocycles. The van der Waals surface area contributed by atoms with Gasteiger partial charge in [0.05, 0.1) is 23.4 Å². The molecule has 0 N–H and O–H groups in total. The molecule has 9 rings (SSSR count). The summed E-state index contributed by atoms with van der Waals surface area (Å²) >= 11 is 0. The maximum atomic E-state index is 9.42. The third kappa shape index (κ3) is 3.75. The summed E-state index contributed by atoms with van der Waals surface area (Å²) in [6.45, 7) is 0. The lowest BCUT2D eigenvalue weighted by Crippen LogP contribution is -1.97. The van der Waals surface area contributed by atoms with Crippen LogP contribution in [-0.4, -0.2) is 9.13 Å². The number of para-hydroxylation sites is 3. The summed E-state index contributed by atoms with van der Waals surface area (Å²) in [5.41, 5.74) is 11.1. The third-order valence-corrected chi connectivity index (χ3v) is 8.78. The molecule has 0 amide bonds. The highest BCUT2D eigenvalue weighted by molar-refractivity contribution is 6.26. The van der Waals surface area contributed by atoms with Gasteiger partial charge < -0.3 is 9.13 Å². The van der Waals surface area contributed by atoms with Crippen molar-refractivity contribution >= 4 is 43.6 Å². The fraction of sp³-hybridized carbons (Fsp3) is 0. The standard InChI is InChI=1S/C42H28N2/c1-4-14-29(15-5-1)31-26-32(30-16-6-2-7-17-30)28-34(27-31)44-38-22-12-10-20-35(38)36-24-25-40-41(42(36)44)37-21-11-13-23-39(37)43(40)33-18-8-3-9-19-33/h1-28H/i25D. The number of hydrogen-bond donors (Lipinski definition) is 0. The van der Waals surface area contributed by atoms with E-state index in [1.54, 1.807) is 0 Å². The molecule has 0 radical (unpaired) electrons. The molecule has 0 saturated carbocycles. The van der Waals surface area contributed by atoms with Crippen LogP contribution in [-0.2, 0) is 0 Å². The van der Waals surface area contributed by atoms with Crippen LogP contribution in [0.1, 0.15) is 1.37 Å². The highest BCUT2D eigenvalue weighted by Crippen LogP contribution is 2.43. The maximum Gasteiger partial charge on any atom is 0.0645 e. The Hall–Kier alpha value is -5.86. The molecule has 206 valence electrons. The first kappa shape index (κ1) is 23.7. The number of nitrogens with zero attached hydrogens (tertiary/aromatic N) is 2. The second kappa shape index (κ2) is 9.86. The van der Waals surface area contributed by atoms with Crippen molar-refractivity contribution in [3.63, 3.8) is 0 Å². The van der Waals surface area contributed by atoms with Crippen molar-refractivity contribution in [2.75, 3.05) is 0 Å². The van der Waals surface area contributed by atoms with Crippen molar-refractivity contribution < 1.29 is 1.37 Å². The average molecular weight is 562 g/mol. The van der Waals surface area contributed by atoms with Crippen molar-refractivity contribution in [2.24, 2.45) is 0 Å². The van der Waals surface area contributed by atoms with Gasteiger partial charge in [-0.3, -0.25) is 0 Å². The van der Waals surface area contributed by atoms with Crippen molar-refractivity contribution in [3.05, 3.63) is 170 Å². The Labute approximate surface area is 257 Å². The molecule has 2 nitrogen and oxygen atoms in total. The van der Waals surface area contributed by atoms with Crippen molar-refractivity contribution in [1.82, 2.24) is 9.13 Å². The zero-order valence-corrected chi connectivity index (χ0v) is 24.0. The molecule has 2 heterocycles. The van der Waals surface area contributed by atoms with Crippen LogP contribution in [0.2, 0.25) is 0 Å². The van der Waals surface area contributed by atoms with Crippen molar-refractivity contribution in [2.45, 2.75) is 0 Å². The van der Waals surface area contributed by atoms with Gasteiger partial charge in [-0.1, -0.05) is 121 Å². The molecule has 0 spiro atoms. The van der Waals surface area contributed by atoms with E-state index in [2.05, 4.69) is 167 Å². The summed E-state index contributed by atoms with van der Waals surface area (Å²) in [6.07, 6.45) is 0. The predicted octanol–water partition coefficient (Wildman–Crippen LogP) is 11.2. The van der Waals surface area contributed by atoms with Gasteiger partial charge in [-0.05, 0) is 70.8 Å². The summed E-state index contributed by atoms with van der Waals surface area (Å²) in [5, 5.41) is 4.47. The Morgan fingerprint density at radius 1 is 0.364 bits per heavy atom. The normalized spacial score (nSPS) is 12.0. The van der Waals surface area contributed by atoms with E-state index in [0.29, 0.717) is 6.04 Å². The van der Waals surface area contributed by atoms with Crippen LogP contribution >= 0.6 is 0 Å². The molecule has 2 aromatic heterocycles. The molecule has 0 unspecified atom stereocenters. The van der Waals surface area contributed by atoms with Gasteiger partial charge in [0.25, 0.3) is 0 Å². The van der Waals surface area contributed by atoms with E-state index in [4.69, 9.17) is 0 Å². The van der Waals surface area contributed by atoms with Crippen LogP contribution in [0.15, 0.2) is 170 Å². The van der Waals surface area contributed by atoms with E-state index < -0.39 is 0 Å². The van der Waals surface area contributed by atoms with E-state index in [0.717, 1.165) is 66.1 Å². The Kier molecular flexibility index (Phi) is 5.31. The first-order valence-electron chi connectivity index (χ1n) is 15.5. The number of hydrogen-bond acceptors (Lipinski definition) is 0. The minimum Gasteiger partial charge on any atom is -0.309 e. The van der Waals surface area contributed by atoms with Crippen LogP contribution in [0.25, 0.3) is 77.2 Å². The third-order valence-electron chi connectivity index (χ3n) is 8.78. The Balaban J connectivity index is 1.48. The monoisotopic (exact) mass is 561 g/mol. The first-order valence-corrected chi connectivity index (χ1v) is 15.0. The van der Waals surface area contributed by atoms with Gasteiger partial charge in [-0.2, -0.15) is 0 Å². The van der Waals surface area contributed by atoms with Gasteiger partial charge in [0.1, 0.15) is 0 Å². The minimum atomic E-state index is 0.517.